The van der Waals surface area contributed by atoms with Crippen molar-refractivity contribution in [3.8, 4) is 0 Å². The van der Waals surface area contributed by atoms with Crippen molar-refractivity contribution in [3.63, 3.8) is 0 Å². The molecule has 0 fully saturated rings. The third kappa shape index (κ3) is 1.79. The topological polar surface area (TPSA) is 53.6 Å². The normalized spacial score (nSPS) is 13.0. The molecule has 1 atom stereocenters. The SMILES string of the molecule is CC[C@H](C)Nc1ncnc2[nH]cc(C)c12. The maximum atomic E-state index is 4.29. The average Bonchev–Trinajstić information content (AvgIpc) is 2.61. The summed E-state index contributed by atoms with van der Waals surface area (Å²) in [4.78, 5) is 11.6. The molecule has 2 aromatic heterocycles. The van der Waals surface area contributed by atoms with Crippen molar-refractivity contribution >= 4 is 16.9 Å². The number of rotatable bonds is 3. The summed E-state index contributed by atoms with van der Waals surface area (Å²) in [6.07, 6.45) is 4.62. The van der Waals surface area contributed by atoms with Crippen LogP contribution in [0.2, 0.25) is 0 Å². The Hall–Kier alpha value is -1.58. The second-order valence-corrected chi connectivity index (χ2v) is 3.87. The van der Waals surface area contributed by atoms with Crippen molar-refractivity contribution in [2.45, 2.75) is 33.2 Å². The lowest BCUT2D eigenvalue weighted by atomic mass is 10.2. The maximum absolute atomic E-state index is 4.29. The smallest absolute Gasteiger partial charge is 0.143 e. The maximum Gasteiger partial charge on any atom is 0.143 e. The van der Waals surface area contributed by atoms with Crippen molar-refractivity contribution in [2.75, 3.05) is 5.32 Å². The monoisotopic (exact) mass is 204 g/mol. The quantitative estimate of drug-likeness (QED) is 0.807. The molecule has 0 saturated heterocycles. The minimum atomic E-state index is 0.428. The summed E-state index contributed by atoms with van der Waals surface area (Å²) in [5, 5.41) is 4.49. The third-order valence-electron chi connectivity index (χ3n) is 2.66. The Morgan fingerprint density at radius 2 is 2.27 bits per heavy atom. The number of aryl methyl sites for hydroxylation is 1. The molecule has 2 N–H and O–H groups in total. The Bertz CT molecular complexity index is 461. The average molecular weight is 204 g/mol. The molecular formula is C11H16N4. The minimum Gasteiger partial charge on any atom is -0.367 e. The summed E-state index contributed by atoms with van der Waals surface area (Å²) in [5.41, 5.74) is 2.07. The molecule has 0 aliphatic heterocycles. The van der Waals surface area contributed by atoms with E-state index in [9.17, 15) is 0 Å². The summed E-state index contributed by atoms with van der Waals surface area (Å²) in [6.45, 7) is 6.36. The van der Waals surface area contributed by atoms with Gasteiger partial charge in [-0.1, -0.05) is 6.92 Å². The fraction of sp³-hybridized carbons (Fsp3) is 0.455. The largest absolute Gasteiger partial charge is 0.367 e. The van der Waals surface area contributed by atoms with Crippen LogP contribution < -0.4 is 5.32 Å². The summed E-state index contributed by atoms with van der Waals surface area (Å²) in [5.74, 6) is 0.924. The van der Waals surface area contributed by atoms with Gasteiger partial charge in [-0.15, -0.1) is 0 Å². The molecular weight excluding hydrogens is 188 g/mol. The first-order valence-electron chi connectivity index (χ1n) is 5.27. The van der Waals surface area contributed by atoms with Crippen molar-refractivity contribution in [2.24, 2.45) is 0 Å². The van der Waals surface area contributed by atoms with Crippen LogP contribution in [0.1, 0.15) is 25.8 Å². The highest BCUT2D eigenvalue weighted by atomic mass is 15.0. The van der Waals surface area contributed by atoms with Crippen LogP contribution in [0, 0.1) is 6.92 Å². The predicted molar refractivity (Wildman–Crippen MR) is 62.0 cm³/mol. The molecule has 0 unspecified atom stereocenters. The van der Waals surface area contributed by atoms with E-state index >= 15 is 0 Å². The number of hydrogen-bond acceptors (Lipinski definition) is 3. The van der Waals surface area contributed by atoms with Gasteiger partial charge in [-0.3, -0.25) is 0 Å². The highest BCUT2D eigenvalue weighted by molar-refractivity contribution is 5.90. The molecule has 0 saturated carbocycles. The van der Waals surface area contributed by atoms with E-state index in [4.69, 9.17) is 0 Å². The first kappa shape index (κ1) is 9.96. The van der Waals surface area contributed by atoms with E-state index in [1.165, 1.54) is 5.56 Å². The molecule has 80 valence electrons. The van der Waals surface area contributed by atoms with Crippen molar-refractivity contribution in [1.29, 1.82) is 0 Å². The zero-order valence-electron chi connectivity index (χ0n) is 9.33. The molecule has 4 heteroatoms. The fourth-order valence-corrected chi connectivity index (χ4v) is 1.56. The molecule has 0 aromatic carbocycles. The molecule has 2 aromatic rings. The lowest BCUT2D eigenvalue weighted by Crippen LogP contribution is -2.14. The molecule has 4 nitrogen and oxygen atoms in total. The number of aromatic nitrogens is 3. The molecule has 15 heavy (non-hydrogen) atoms. The van der Waals surface area contributed by atoms with Crippen LogP contribution in [0.25, 0.3) is 11.0 Å². The Balaban J connectivity index is 2.45. The Labute approximate surface area is 89.1 Å². The van der Waals surface area contributed by atoms with E-state index in [1.54, 1.807) is 6.33 Å². The summed E-state index contributed by atoms with van der Waals surface area (Å²) < 4.78 is 0. The van der Waals surface area contributed by atoms with Gasteiger partial charge >= 0.3 is 0 Å². The molecule has 2 heterocycles. The Morgan fingerprint density at radius 1 is 1.47 bits per heavy atom. The van der Waals surface area contributed by atoms with Crippen LogP contribution in [0.5, 0.6) is 0 Å². The van der Waals surface area contributed by atoms with Gasteiger partial charge in [0, 0.05) is 12.2 Å². The predicted octanol–water partition coefficient (Wildman–Crippen LogP) is 2.48. The van der Waals surface area contributed by atoms with E-state index < -0.39 is 0 Å². The number of anilines is 1. The second kappa shape index (κ2) is 3.88. The van der Waals surface area contributed by atoms with Crippen LogP contribution in [0.4, 0.5) is 5.82 Å². The molecule has 0 amide bonds. The van der Waals surface area contributed by atoms with Gasteiger partial charge in [0.25, 0.3) is 0 Å². The highest BCUT2D eigenvalue weighted by Gasteiger charge is 2.09. The number of H-pyrrole nitrogens is 1. The third-order valence-corrected chi connectivity index (χ3v) is 2.66. The molecule has 0 radical (unpaired) electrons. The Kier molecular flexibility index (Phi) is 2.58. The summed E-state index contributed by atoms with van der Waals surface area (Å²) >= 11 is 0. The highest BCUT2D eigenvalue weighted by Crippen LogP contribution is 2.22. The molecule has 0 bridgehead atoms. The second-order valence-electron chi connectivity index (χ2n) is 3.87. The fourth-order valence-electron chi connectivity index (χ4n) is 1.56. The van der Waals surface area contributed by atoms with E-state index in [0.717, 1.165) is 23.3 Å². The van der Waals surface area contributed by atoms with Crippen LogP contribution in [0.15, 0.2) is 12.5 Å². The van der Waals surface area contributed by atoms with E-state index in [1.807, 2.05) is 6.20 Å². The number of hydrogen-bond donors (Lipinski definition) is 2. The lowest BCUT2D eigenvalue weighted by molar-refractivity contribution is 0.760. The summed E-state index contributed by atoms with van der Waals surface area (Å²) in [7, 11) is 0. The van der Waals surface area contributed by atoms with Gasteiger partial charge in [-0.2, -0.15) is 0 Å². The Morgan fingerprint density at radius 3 is 3.00 bits per heavy atom. The van der Waals surface area contributed by atoms with Gasteiger partial charge in [0.15, 0.2) is 0 Å². The molecule has 0 spiro atoms. The van der Waals surface area contributed by atoms with Crippen molar-refractivity contribution in [3.05, 3.63) is 18.1 Å². The zero-order chi connectivity index (χ0) is 10.8. The van der Waals surface area contributed by atoms with Gasteiger partial charge in [-0.25, -0.2) is 9.97 Å². The van der Waals surface area contributed by atoms with Gasteiger partial charge < -0.3 is 10.3 Å². The number of aromatic amines is 1. The van der Waals surface area contributed by atoms with Crippen molar-refractivity contribution < 1.29 is 0 Å². The van der Waals surface area contributed by atoms with Gasteiger partial charge in [0.1, 0.15) is 17.8 Å². The molecule has 0 aliphatic carbocycles. The minimum absolute atomic E-state index is 0.428. The first-order valence-corrected chi connectivity index (χ1v) is 5.27. The lowest BCUT2D eigenvalue weighted by Gasteiger charge is -2.12. The van der Waals surface area contributed by atoms with E-state index in [2.05, 4.69) is 41.0 Å². The van der Waals surface area contributed by atoms with Gasteiger partial charge in [0.2, 0.25) is 0 Å². The van der Waals surface area contributed by atoms with E-state index in [0.29, 0.717) is 6.04 Å². The van der Waals surface area contributed by atoms with Crippen LogP contribution in [-0.2, 0) is 0 Å². The van der Waals surface area contributed by atoms with Gasteiger partial charge in [0.05, 0.1) is 5.39 Å². The number of nitrogens with zero attached hydrogens (tertiary/aromatic N) is 2. The number of fused-ring (bicyclic) bond motifs is 1. The number of nitrogens with one attached hydrogen (secondary N) is 2. The summed E-state index contributed by atoms with van der Waals surface area (Å²) in [6, 6.07) is 0.428. The van der Waals surface area contributed by atoms with Gasteiger partial charge in [-0.05, 0) is 25.8 Å². The first-order chi connectivity index (χ1) is 7.22. The van der Waals surface area contributed by atoms with Crippen LogP contribution in [-0.4, -0.2) is 21.0 Å². The molecule has 0 aliphatic rings. The zero-order valence-corrected chi connectivity index (χ0v) is 9.33. The molecule has 2 rings (SSSR count). The van der Waals surface area contributed by atoms with E-state index in [-0.39, 0.29) is 0 Å². The van der Waals surface area contributed by atoms with Crippen LogP contribution >= 0.6 is 0 Å². The van der Waals surface area contributed by atoms with Crippen molar-refractivity contribution in [1.82, 2.24) is 15.0 Å². The standard InChI is InChI=1S/C11H16N4/c1-4-8(3)15-11-9-7(2)5-12-10(9)13-6-14-11/h5-6,8H,4H2,1-3H3,(H2,12,13,14,15)/t8-/m0/s1. The van der Waals surface area contributed by atoms with Crippen LogP contribution in [0.3, 0.4) is 0 Å².